The summed E-state index contributed by atoms with van der Waals surface area (Å²) in [7, 11) is 0. The van der Waals surface area contributed by atoms with E-state index in [1.807, 2.05) is 18.6 Å². The molecule has 0 radical (unpaired) electrons. The fraction of sp³-hybridized carbons (Fsp3) is 0.538. The lowest BCUT2D eigenvalue weighted by molar-refractivity contribution is 0.359. The van der Waals surface area contributed by atoms with Crippen molar-refractivity contribution in [3.63, 3.8) is 0 Å². The maximum Gasteiger partial charge on any atom is 0.0949 e. The molecule has 1 aliphatic rings. The van der Waals surface area contributed by atoms with E-state index in [9.17, 15) is 0 Å². The third-order valence-corrected chi connectivity index (χ3v) is 3.84. The van der Waals surface area contributed by atoms with E-state index in [-0.39, 0.29) is 0 Å². The summed E-state index contributed by atoms with van der Waals surface area (Å²) in [6, 6.07) is 3.37. The van der Waals surface area contributed by atoms with Gasteiger partial charge in [0.05, 0.1) is 12.0 Å². The Hall–Kier alpha value is -1.62. The molecule has 18 heavy (non-hydrogen) atoms. The van der Waals surface area contributed by atoms with Crippen molar-refractivity contribution in [3.05, 3.63) is 36.7 Å². The van der Waals surface area contributed by atoms with E-state index >= 15 is 0 Å². The molecule has 0 spiro atoms. The quantitative estimate of drug-likeness (QED) is 0.866. The van der Waals surface area contributed by atoms with Crippen LogP contribution in [0.4, 0.5) is 0 Å². The average Bonchev–Trinajstić information content (AvgIpc) is 3.11. The van der Waals surface area contributed by atoms with Gasteiger partial charge in [-0.3, -0.25) is 5.10 Å². The zero-order valence-electron chi connectivity index (χ0n) is 10.6. The van der Waals surface area contributed by atoms with Crippen LogP contribution in [0.25, 0.3) is 0 Å². The highest BCUT2D eigenvalue weighted by Crippen LogP contribution is 2.31. The van der Waals surface area contributed by atoms with Crippen molar-refractivity contribution in [1.29, 1.82) is 0 Å². The highest BCUT2D eigenvalue weighted by molar-refractivity contribution is 5.04. The molecule has 0 amide bonds. The summed E-state index contributed by atoms with van der Waals surface area (Å²) in [6.45, 7) is 2.18. The van der Waals surface area contributed by atoms with Crippen molar-refractivity contribution in [2.45, 2.75) is 44.3 Å². The van der Waals surface area contributed by atoms with Crippen LogP contribution in [0.5, 0.6) is 0 Å². The van der Waals surface area contributed by atoms with E-state index < -0.39 is 0 Å². The Kier molecular flexibility index (Phi) is 3.15. The second-order valence-corrected chi connectivity index (χ2v) is 5.01. The van der Waals surface area contributed by atoms with Crippen LogP contribution in [0.1, 0.15) is 44.0 Å². The smallest absolute Gasteiger partial charge is 0.0949 e. The van der Waals surface area contributed by atoms with E-state index in [4.69, 9.17) is 0 Å². The number of nitrogens with one attached hydrogen (secondary N) is 2. The number of rotatable bonds is 4. The van der Waals surface area contributed by atoms with Crippen LogP contribution in [0, 0.1) is 0 Å². The van der Waals surface area contributed by atoms with E-state index in [0.717, 1.165) is 5.69 Å². The van der Waals surface area contributed by atoms with Gasteiger partial charge >= 0.3 is 0 Å². The summed E-state index contributed by atoms with van der Waals surface area (Å²) < 4.78 is 2.23. The first-order chi connectivity index (χ1) is 8.84. The monoisotopic (exact) mass is 245 g/mol. The van der Waals surface area contributed by atoms with E-state index in [1.54, 1.807) is 6.20 Å². The number of hydrogen-bond acceptors (Lipinski definition) is 3. The molecular formula is C13H19N5. The predicted octanol–water partition coefficient (Wildman–Crippen LogP) is 2.05. The fourth-order valence-electron chi connectivity index (χ4n) is 2.88. The van der Waals surface area contributed by atoms with Crippen LogP contribution in [-0.4, -0.2) is 25.8 Å². The minimum Gasteiger partial charge on any atom is -0.333 e. The van der Waals surface area contributed by atoms with Crippen LogP contribution in [0.3, 0.4) is 0 Å². The lowest BCUT2D eigenvalue weighted by atomic mass is 10.1. The Morgan fingerprint density at radius 2 is 2.39 bits per heavy atom. The van der Waals surface area contributed by atoms with Gasteiger partial charge in [0.2, 0.25) is 0 Å². The molecule has 0 aromatic carbocycles. The molecule has 5 nitrogen and oxygen atoms in total. The molecule has 2 N–H and O–H groups in total. The maximum atomic E-state index is 4.15. The van der Waals surface area contributed by atoms with Gasteiger partial charge in [-0.15, -0.1) is 0 Å². The van der Waals surface area contributed by atoms with Gasteiger partial charge in [0.1, 0.15) is 0 Å². The van der Waals surface area contributed by atoms with Gasteiger partial charge in [0.15, 0.2) is 0 Å². The Bertz CT molecular complexity index is 462. The molecule has 1 aliphatic carbocycles. The van der Waals surface area contributed by atoms with Gasteiger partial charge in [-0.2, -0.15) is 5.10 Å². The Balaban J connectivity index is 1.68. The Labute approximate surface area is 107 Å². The first-order valence-electron chi connectivity index (χ1n) is 6.57. The lowest BCUT2D eigenvalue weighted by Gasteiger charge is -2.25. The number of aromatic nitrogens is 4. The maximum absolute atomic E-state index is 4.15. The van der Waals surface area contributed by atoms with Gasteiger partial charge in [-0.1, -0.05) is 0 Å². The van der Waals surface area contributed by atoms with Crippen molar-refractivity contribution in [2.24, 2.45) is 0 Å². The zero-order valence-corrected chi connectivity index (χ0v) is 10.6. The van der Waals surface area contributed by atoms with Gasteiger partial charge in [-0.05, 0) is 32.3 Å². The van der Waals surface area contributed by atoms with E-state index in [1.165, 1.54) is 19.3 Å². The second kappa shape index (κ2) is 4.94. The highest BCUT2D eigenvalue weighted by Gasteiger charge is 2.29. The minimum absolute atomic E-state index is 0.307. The molecule has 2 aromatic heterocycles. The summed E-state index contributed by atoms with van der Waals surface area (Å²) in [5, 5.41) is 10.7. The van der Waals surface area contributed by atoms with Crippen molar-refractivity contribution in [1.82, 2.24) is 25.1 Å². The van der Waals surface area contributed by atoms with Crippen molar-refractivity contribution >= 4 is 0 Å². The highest BCUT2D eigenvalue weighted by atomic mass is 15.1. The summed E-state index contributed by atoms with van der Waals surface area (Å²) in [5.41, 5.74) is 1.14. The molecule has 3 unspecified atom stereocenters. The van der Waals surface area contributed by atoms with Crippen molar-refractivity contribution < 1.29 is 0 Å². The Morgan fingerprint density at radius 1 is 1.44 bits per heavy atom. The summed E-state index contributed by atoms with van der Waals surface area (Å²) in [6.07, 6.45) is 11.4. The van der Waals surface area contributed by atoms with Crippen LogP contribution >= 0.6 is 0 Å². The summed E-state index contributed by atoms with van der Waals surface area (Å²) >= 11 is 0. The van der Waals surface area contributed by atoms with E-state index in [0.29, 0.717) is 18.1 Å². The molecule has 2 heterocycles. The average molecular weight is 245 g/mol. The predicted molar refractivity (Wildman–Crippen MR) is 69.0 cm³/mol. The number of nitrogens with zero attached hydrogens (tertiary/aromatic N) is 3. The van der Waals surface area contributed by atoms with Crippen LogP contribution in [-0.2, 0) is 0 Å². The first kappa shape index (κ1) is 11.5. The molecule has 0 bridgehead atoms. The third kappa shape index (κ3) is 2.18. The fourth-order valence-corrected chi connectivity index (χ4v) is 2.88. The number of aromatic amines is 1. The SMILES string of the molecule is CC(NC1CCCC1n1ccnc1)c1ccn[nH]1. The molecule has 0 saturated heterocycles. The van der Waals surface area contributed by atoms with Gasteiger partial charge in [0, 0.05) is 36.7 Å². The largest absolute Gasteiger partial charge is 0.333 e. The molecule has 5 heteroatoms. The Morgan fingerprint density at radius 3 is 3.11 bits per heavy atom. The molecule has 0 aliphatic heterocycles. The standard InChI is InChI=1S/C13H19N5/c1-10(11-5-6-15-17-11)16-12-3-2-4-13(12)18-8-7-14-9-18/h5-10,12-13,16H,2-4H2,1H3,(H,15,17). The number of hydrogen-bond donors (Lipinski definition) is 2. The molecular weight excluding hydrogens is 226 g/mol. The molecule has 96 valence electrons. The lowest BCUT2D eigenvalue weighted by Crippen LogP contribution is -2.35. The molecule has 1 fully saturated rings. The van der Waals surface area contributed by atoms with Gasteiger partial charge in [0.25, 0.3) is 0 Å². The number of H-pyrrole nitrogens is 1. The first-order valence-corrected chi connectivity index (χ1v) is 6.57. The second-order valence-electron chi connectivity index (χ2n) is 5.01. The van der Waals surface area contributed by atoms with Gasteiger partial charge in [-0.25, -0.2) is 4.98 Å². The molecule has 1 saturated carbocycles. The normalized spacial score (nSPS) is 25.4. The summed E-state index contributed by atoms with van der Waals surface area (Å²) in [4.78, 5) is 4.15. The van der Waals surface area contributed by atoms with Crippen molar-refractivity contribution in [3.8, 4) is 0 Å². The summed E-state index contributed by atoms with van der Waals surface area (Å²) in [5.74, 6) is 0. The molecule has 3 rings (SSSR count). The minimum atomic E-state index is 0.307. The third-order valence-electron chi connectivity index (χ3n) is 3.84. The van der Waals surface area contributed by atoms with Crippen LogP contribution in [0.15, 0.2) is 31.0 Å². The molecule has 3 atom stereocenters. The topological polar surface area (TPSA) is 58.5 Å². The van der Waals surface area contributed by atoms with Gasteiger partial charge < -0.3 is 9.88 Å². The van der Waals surface area contributed by atoms with Crippen molar-refractivity contribution in [2.75, 3.05) is 0 Å². The van der Waals surface area contributed by atoms with Crippen LogP contribution in [0.2, 0.25) is 0 Å². The number of imidazole rings is 1. The molecule has 2 aromatic rings. The zero-order chi connectivity index (χ0) is 12.4. The van der Waals surface area contributed by atoms with E-state index in [2.05, 4.69) is 38.2 Å². The van der Waals surface area contributed by atoms with Crippen LogP contribution < -0.4 is 5.32 Å².